The Hall–Kier alpha value is -2.94. The van der Waals surface area contributed by atoms with Crippen LogP contribution in [0.15, 0.2) is 39.9 Å². The van der Waals surface area contributed by atoms with Crippen molar-refractivity contribution in [1.29, 1.82) is 0 Å². The molecule has 1 aliphatic rings. The summed E-state index contributed by atoms with van der Waals surface area (Å²) in [4.78, 5) is 12.0. The lowest BCUT2D eigenvalue weighted by Gasteiger charge is -2.11. The number of methoxy groups -OCH3 is 1. The highest BCUT2D eigenvalue weighted by Crippen LogP contribution is 2.36. The third-order valence-electron chi connectivity index (χ3n) is 3.76. The van der Waals surface area contributed by atoms with Crippen molar-refractivity contribution in [1.82, 2.24) is 5.43 Å². The first-order valence-corrected chi connectivity index (χ1v) is 9.35. The minimum atomic E-state index is -0.286. The Bertz CT molecular complexity index is 888. The van der Waals surface area contributed by atoms with E-state index in [0.717, 1.165) is 15.7 Å². The number of benzene rings is 2. The predicted molar refractivity (Wildman–Crippen MR) is 109 cm³/mol. The molecule has 0 aromatic heterocycles. The van der Waals surface area contributed by atoms with Crippen molar-refractivity contribution in [3.05, 3.63) is 40.4 Å². The average Bonchev–Trinajstić information content (AvgIpc) is 3.14. The van der Waals surface area contributed by atoms with E-state index in [9.17, 15) is 4.79 Å². The van der Waals surface area contributed by atoms with Crippen LogP contribution in [0.3, 0.4) is 0 Å². The summed E-state index contributed by atoms with van der Waals surface area (Å²) in [6, 6.07) is 8.99. The van der Waals surface area contributed by atoms with E-state index in [0.29, 0.717) is 29.6 Å². The molecule has 2 aromatic rings. The predicted octanol–water partition coefficient (Wildman–Crippen LogP) is 3.15. The molecule has 148 valence electrons. The minimum absolute atomic E-state index is 0.0630. The summed E-state index contributed by atoms with van der Waals surface area (Å²) in [5.41, 5.74) is 3.98. The first-order valence-electron chi connectivity index (χ1n) is 8.56. The monoisotopic (exact) mass is 449 g/mol. The molecule has 9 heteroatoms. The molecular weight excluding hydrogens is 430 g/mol. The van der Waals surface area contributed by atoms with Crippen molar-refractivity contribution >= 4 is 33.7 Å². The van der Waals surface area contributed by atoms with Crippen LogP contribution in [0.25, 0.3) is 0 Å². The molecule has 0 spiro atoms. The maximum Gasteiger partial charge on any atom is 0.259 e. The quantitative estimate of drug-likeness (QED) is 0.475. The number of rotatable bonds is 8. The second-order valence-corrected chi connectivity index (χ2v) is 6.54. The molecule has 0 atom stereocenters. The van der Waals surface area contributed by atoms with Gasteiger partial charge in [0, 0.05) is 11.8 Å². The molecule has 0 radical (unpaired) electrons. The zero-order valence-electron chi connectivity index (χ0n) is 15.5. The zero-order valence-corrected chi connectivity index (χ0v) is 17.0. The number of hydrazone groups is 1. The molecule has 1 heterocycles. The van der Waals surface area contributed by atoms with Gasteiger partial charge in [0.2, 0.25) is 6.79 Å². The molecule has 0 saturated carbocycles. The van der Waals surface area contributed by atoms with Crippen LogP contribution in [-0.4, -0.2) is 39.2 Å². The van der Waals surface area contributed by atoms with Gasteiger partial charge in [0.25, 0.3) is 5.91 Å². The maximum absolute atomic E-state index is 12.0. The van der Waals surface area contributed by atoms with Crippen LogP contribution in [0.1, 0.15) is 12.5 Å². The van der Waals surface area contributed by atoms with Crippen molar-refractivity contribution in [2.45, 2.75) is 6.92 Å². The molecule has 1 amide bonds. The normalized spacial score (nSPS) is 12.1. The molecule has 2 aromatic carbocycles. The Balaban J connectivity index is 1.54. The van der Waals surface area contributed by atoms with Crippen molar-refractivity contribution < 1.29 is 23.7 Å². The first-order chi connectivity index (χ1) is 13.6. The largest absolute Gasteiger partial charge is 0.492 e. The van der Waals surface area contributed by atoms with E-state index < -0.39 is 0 Å². The van der Waals surface area contributed by atoms with Gasteiger partial charge in [0.15, 0.2) is 23.0 Å². The molecule has 0 unspecified atom stereocenters. The average molecular weight is 450 g/mol. The van der Waals surface area contributed by atoms with E-state index in [1.54, 1.807) is 25.3 Å². The van der Waals surface area contributed by atoms with Gasteiger partial charge in [0.1, 0.15) is 0 Å². The Labute approximate surface area is 170 Å². The number of nitrogens with one attached hydrogen (secondary N) is 2. The summed E-state index contributed by atoms with van der Waals surface area (Å²) >= 11 is 3.44. The number of carbonyl (C=O) groups excluding carboxylic acids is 1. The van der Waals surface area contributed by atoms with Crippen LogP contribution in [0.4, 0.5) is 5.69 Å². The SMILES string of the molecule is CCOc1cc(/C=N\NC(=O)CNc2ccc3c(c2)OCO3)cc(Br)c1OC. The standard InChI is InChI=1S/C19H20BrN3O5/c1-3-26-17-7-12(6-14(20)19(17)25-2)9-22-23-18(24)10-21-13-4-5-15-16(8-13)28-11-27-15/h4-9,21H,3,10-11H2,1-2H3,(H,23,24)/b22-9-. The third kappa shape index (κ3) is 4.86. The molecule has 0 aliphatic carbocycles. The lowest BCUT2D eigenvalue weighted by molar-refractivity contribution is -0.119. The van der Waals surface area contributed by atoms with Gasteiger partial charge < -0.3 is 24.3 Å². The molecule has 0 saturated heterocycles. The second-order valence-electron chi connectivity index (χ2n) is 5.68. The van der Waals surface area contributed by atoms with E-state index >= 15 is 0 Å². The third-order valence-corrected chi connectivity index (χ3v) is 4.35. The number of carbonyl (C=O) groups is 1. The highest BCUT2D eigenvalue weighted by molar-refractivity contribution is 9.10. The van der Waals surface area contributed by atoms with E-state index in [4.69, 9.17) is 18.9 Å². The summed E-state index contributed by atoms with van der Waals surface area (Å²) in [5.74, 6) is 2.26. The van der Waals surface area contributed by atoms with Gasteiger partial charge in [0.05, 0.1) is 30.9 Å². The van der Waals surface area contributed by atoms with E-state index in [1.165, 1.54) is 6.21 Å². The number of fused-ring (bicyclic) bond motifs is 1. The molecule has 3 rings (SSSR count). The number of ether oxygens (including phenoxy) is 4. The minimum Gasteiger partial charge on any atom is -0.492 e. The fourth-order valence-electron chi connectivity index (χ4n) is 2.53. The molecule has 28 heavy (non-hydrogen) atoms. The lowest BCUT2D eigenvalue weighted by atomic mass is 10.2. The fraction of sp³-hybridized carbons (Fsp3) is 0.263. The number of anilines is 1. The van der Waals surface area contributed by atoms with Gasteiger partial charge in [-0.25, -0.2) is 5.43 Å². The van der Waals surface area contributed by atoms with Crippen LogP contribution in [0, 0.1) is 0 Å². The lowest BCUT2D eigenvalue weighted by Crippen LogP contribution is -2.25. The van der Waals surface area contributed by atoms with Crippen LogP contribution in [0.5, 0.6) is 23.0 Å². The van der Waals surface area contributed by atoms with Gasteiger partial charge in [-0.1, -0.05) is 0 Å². The zero-order chi connectivity index (χ0) is 19.9. The highest BCUT2D eigenvalue weighted by atomic mass is 79.9. The number of halogens is 1. The number of hydrogen-bond donors (Lipinski definition) is 2. The summed E-state index contributed by atoms with van der Waals surface area (Å²) in [6.07, 6.45) is 1.53. The topological polar surface area (TPSA) is 90.4 Å². The van der Waals surface area contributed by atoms with Gasteiger partial charge >= 0.3 is 0 Å². The van der Waals surface area contributed by atoms with Gasteiger partial charge in [-0.05, 0) is 52.7 Å². The van der Waals surface area contributed by atoms with Crippen LogP contribution >= 0.6 is 15.9 Å². The molecule has 8 nitrogen and oxygen atoms in total. The molecule has 2 N–H and O–H groups in total. The Morgan fingerprint density at radius 1 is 1.29 bits per heavy atom. The smallest absolute Gasteiger partial charge is 0.259 e. The summed E-state index contributed by atoms with van der Waals surface area (Å²) < 4.78 is 22.2. The fourth-order valence-corrected chi connectivity index (χ4v) is 3.15. The molecule has 0 fully saturated rings. The second kappa shape index (κ2) is 9.32. The molecular formula is C19H20BrN3O5. The number of nitrogens with zero attached hydrogens (tertiary/aromatic N) is 1. The highest BCUT2D eigenvalue weighted by Gasteiger charge is 2.13. The van der Waals surface area contributed by atoms with Gasteiger partial charge in [-0.3, -0.25) is 4.79 Å². The Kier molecular flexibility index (Phi) is 6.59. The Morgan fingerprint density at radius 3 is 2.89 bits per heavy atom. The molecule has 1 aliphatic heterocycles. The summed E-state index contributed by atoms with van der Waals surface area (Å²) in [6.45, 7) is 2.67. The first kappa shape index (κ1) is 19.8. The van der Waals surface area contributed by atoms with E-state index in [1.807, 2.05) is 19.1 Å². The van der Waals surface area contributed by atoms with E-state index in [-0.39, 0.29) is 19.2 Å². The van der Waals surface area contributed by atoms with Gasteiger partial charge in [-0.15, -0.1) is 0 Å². The molecule has 0 bridgehead atoms. The van der Waals surface area contributed by atoms with Crippen LogP contribution in [0.2, 0.25) is 0 Å². The number of hydrogen-bond acceptors (Lipinski definition) is 7. The summed E-state index contributed by atoms with van der Waals surface area (Å²) in [7, 11) is 1.57. The van der Waals surface area contributed by atoms with Crippen molar-refractivity contribution in [3.63, 3.8) is 0 Å². The van der Waals surface area contributed by atoms with Crippen molar-refractivity contribution in [2.75, 3.05) is 32.4 Å². The number of amides is 1. The van der Waals surface area contributed by atoms with Crippen molar-refractivity contribution in [3.8, 4) is 23.0 Å². The Morgan fingerprint density at radius 2 is 2.11 bits per heavy atom. The summed E-state index contributed by atoms with van der Waals surface area (Å²) in [5, 5.41) is 6.99. The van der Waals surface area contributed by atoms with Crippen molar-refractivity contribution in [2.24, 2.45) is 5.10 Å². The van der Waals surface area contributed by atoms with Gasteiger partial charge in [-0.2, -0.15) is 5.10 Å². The maximum atomic E-state index is 12.0. The van der Waals surface area contributed by atoms with Crippen LogP contribution in [-0.2, 0) is 4.79 Å². The van der Waals surface area contributed by atoms with E-state index in [2.05, 4.69) is 31.8 Å². The van der Waals surface area contributed by atoms with Crippen LogP contribution < -0.4 is 29.7 Å².